The van der Waals surface area contributed by atoms with Crippen molar-refractivity contribution >= 4 is 16.7 Å². The van der Waals surface area contributed by atoms with Gasteiger partial charge in [-0.05, 0) is 42.0 Å². The van der Waals surface area contributed by atoms with E-state index >= 15 is 0 Å². The number of carbonyl (C=O) groups excluding carboxylic acids is 1. The zero-order valence-corrected chi connectivity index (χ0v) is 12.5. The number of fused-ring (bicyclic) bond motifs is 2. The van der Waals surface area contributed by atoms with Gasteiger partial charge in [-0.1, -0.05) is 48.9 Å². The Bertz CT molecular complexity index is 688. The van der Waals surface area contributed by atoms with Gasteiger partial charge in [0, 0.05) is 12.5 Å². The summed E-state index contributed by atoms with van der Waals surface area (Å²) in [5.41, 5.74) is 1.29. The van der Waals surface area contributed by atoms with Crippen LogP contribution in [0.25, 0.3) is 10.8 Å². The second-order valence-electron chi connectivity index (χ2n) is 6.51. The Hall–Kier alpha value is -1.83. The maximum absolute atomic E-state index is 12.5. The molecule has 1 aliphatic heterocycles. The Morgan fingerprint density at radius 1 is 1.10 bits per heavy atom. The van der Waals surface area contributed by atoms with Crippen molar-refractivity contribution in [2.45, 2.75) is 44.7 Å². The zero-order chi connectivity index (χ0) is 14.4. The fourth-order valence-corrected chi connectivity index (χ4v) is 4.40. The molecule has 2 heteroatoms. The van der Waals surface area contributed by atoms with E-state index in [0.717, 1.165) is 6.42 Å². The monoisotopic (exact) mass is 279 g/mol. The van der Waals surface area contributed by atoms with E-state index in [9.17, 15) is 4.79 Å². The predicted molar refractivity (Wildman–Crippen MR) is 85.0 cm³/mol. The van der Waals surface area contributed by atoms with Crippen molar-refractivity contribution in [3.8, 4) is 0 Å². The van der Waals surface area contributed by atoms with Crippen LogP contribution in [0.15, 0.2) is 42.5 Å². The van der Waals surface area contributed by atoms with Crippen LogP contribution in [0.5, 0.6) is 0 Å². The summed E-state index contributed by atoms with van der Waals surface area (Å²) in [4.78, 5) is 14.6. The number of carbonyl (C=O) groups is 1. The smallest absolute Gasteiger partial charge is 0.223 e. The largest absolute Gasteiger partial charge is 0.333 e. The van der Waals surface area contributed by atoms with Crippen molar-refractivity contribution in [2.24, 2.45) is 5.92 Å². The minimum Gasteiger partial charge on any atom is -0.333 e. The third-order valence-electron chi connectivity index (χ3n) is 5.39. The van der Waals surface area contributed by atoms with Crippen LogP contribution in [-0.2, 0) is 4.79 Å². The van der Waals surface area contributed by atoms with Crippen molar-refractivity contribution < 1.29 is 4.79 Å². The Kier molecular flexibility index (Phi) is 2.99. The maximum Gasteiger partial charge on any atom is 0.223 e. The molecule has 108 valence electrons. The molecule has 1 saturated heterocycles. The second-order valence-corrected chi connectivity index (χ2v) is 6.51. The summed E-state index contributed by atoms with van der Waals surface area (Å²) in [5.74, 6) is 0.958. The van der Waals surface area contributed by atoms with E-state index in [4.69, 9.17) is 0 Å². The van der Waals surface area contributed by atoms with Gasteiger partial charge in [0.1, 0.15) is 0 Å². The fraction of sp³-hybridized carbons (Fsp3) is 0.421. The molecular weight excluding hydrogens is 258 g/mol. The first kappa shape index (κ1) is 12.9. The lowest BCUT2D eigenvalue weighted by atomic mass is 9.97. The van der Waals surface area contributed by atoms with E-state index in [-0.39, 0.29) is 6.04 Å². The minimum atomic E-state index is 0.177. The molecule has 1 amide bonds. The van der Waals surface area contributed by atoms with Crippen LogP contribution >= 0.6 is 0 Å². The van der Waals surface area contributed by atoms with Crippen LogP contribution < -0.4 is 0 Å². The number of amides is 1. The quantitative estimate of drug-likeness (QED) is 0.802. The normalized spacial score (nSPS) is 26.3. The predicted octanol–water partition coefficient (Wildman–Crippen LogP) is 4.30. The molecule has 2 nitrogen and oxygen atoms in total. The highest BCUT2D eigenvalue weighted by molar-refractivity contribution is 5.87. The first-order chi connectivity index (χ1) is 10.3. The van der Waals surface area contributed by atoms with E-state index in [1.807, 2.05) is 0 Å². The second kappa shape index (κ2) is 4.87. The summed E-state index contributed by atoms with van der Waals surface area (Å²) in [6.45, 7) is 2.19. The number of hydrogen-bond donors (Lipinski definition) is 0. The van der Waals surface area contributed by atoms with Crippen molar-refractivity contribution in [3.63, 3.8) is 0 Å². The number of nitrogens with zero attached hydrogens (tertiary/aromatic N) is 1. The van der Waals surface area contributed by atoms with Crippen LogP contribution in [0.4, 0.5) is 0 Å². The minimum absolute atomic E-state index is 0.177. The van der Waals surface area contributed by atoms with Crippen LogP contribution in [0.1, 0.15) is 44.2 Å². The van der Waals surface area contributed by atoms with Gasteiger partial charge in [-0.15, -0.1) is 0 Å². The van der Waals surface area contributed by atoms with Crippen molar-refractivity contribution in [2.75, 3.05) is 0 Å². The molecule has 2 aromatic carbocycles. The average Bonchev–Trinajstić information content (AvgIpc) is 3.06. The molecule has 0 spiro atoms. The molecule has 0 aromatic heterocycles. The van der Waals surface area contributed by atoms with Crippen LogP contribution in [0, 0.1) is 5.92 Å². The van der Waals surface area contributed by atoms with Gasteiger partial charge in [0.25, 0.3) is 0 Å². The molecule has 2 fully saturated rings. The summed E-state index contributed by atoms with van der Waals surface area (Å²) in [6, 6.07) is 15.6. The van der Waals surface area contributed by atoms with Gasteiger partial charge >= 0.3 is 0 Å². The zero-order valence-electron chi connectivity index (χ0n) is 12.5. The third kappa shape index (κ3) is 1.97. The van der Waals surface area contributed by atoms with Crippen LogP contribution in [0.2, 0.25) is 0 Å². The van der Waals surface area contributed by atoms with E-state index < -0.39 is 0 Å². The molecule has 0 unspecified atom stereocenters. The van der Waals surface area contributed by atoms with Gasteiger partial charge in [0.15, 0.2) is 0 Å². The number of likely N-dealkylation sites (tertiary alicyclic amines) is 1. The number of rotatable bonds is 2. The van der Waals surface area contributed by atoms with Crippen LogP contribution in [0.3, 0.4) is 0 Å². The Labute approximate surface area is 125 Å². The molecule has 21 heavy (non-hydrogen) atoms. The average molecular weight is 279 g/mol. The molecule has 1 heterocycles. The summed E-state index contributed by atoms with van der Waals surface area (Å²) in [6.07, 6.45) is 4.46. The van der Waals surface area contributed by atoms with Gasteiger partial charge in [-0.25, -0.2) is 0 Å². The molecule has 2 aliphatic rings. The molecule has 0 radical (unpaired) electrons. The summed E-state index contributed by atoms with van der Waals surface area (Å²) in [5, 5.41) is 2.54. The molecule has 1 saturated carbocycles. The Morgan fingerprint density at radius 3 is 2.81 bits per heavy atom. The van der Waals surface area contributed by atoms with Gasteiger partial charge in [-0.3, -0.25) is 4.79 Å². The molecule has 0 bridgehead atoms. The highest BCUT2D eigenvalue weighted by Gasteiger charge is 2.44. The fourth-order valence-electron chi connectivity index (χ4n) is 4.40. The highest BCUT2D eigenvalue weighted by Crippen LogP contribution is 2.43. The van der Waals surface area contributed by atoms with Gasteiger partial charge < -0.3 is 4.90 Å². The van der Waals surface area contributed by atoms with E-state index in [0.29, 0.717) is 17.9 Å². The third-order valence-corrected chi connectivity index (χ3v) is 5.39. The van der Waals surface area contributed by atoms with Gasteiger partial charge in [0.2, 0.25) is 5.91 Å². The molecule has 3 atom stereocenters. The van der Waals surface area contributed by atoms with E-state index in [1.165, 1.54) is 35.6 Å². The molecule has 1 aliphatic carbocycles. The molecule has 0 N–H and O–H groups in total. The Balaban J connectivity index is 1.76. The lowest BCUT2D eigenvalue weighted by molar-refractivity contribution is -0.131. The molecule has 2 aromatic rings. The lowest BCUT2D eigenvalue weighted by Gasteiger charge is -2.31. The SMILES string of the molecule is C[C@H](c1cccc2ccccc12)N1C(=O)C[C@H]2CCC[C@H]21. The van der Waals surface area contributed by atoms with E-state index in [2.05, 4.69) is 54.3 Å². The molecule has 4 rings (SSSR count). The lowest BCUT2D eigenvalue weighted by Crippen LogP contribution is -2.35. The first-order valence-corrected chi connectivity index (χ1v) is 8.04. The topological polar surface area (TPSA) is 20.3 Å². The summed E-state index contributed by atoms with van der Waals surface area (Å²) < 4.78 is 0. The summed E-state index contributed by atoms with van der Waals surface area (Å²) >= 11 is 0. The van der Waals surface area contributed by atoms with Crippen molar-refractivity contribution in [1.29, 1.82) is 0 Å². The highest BCUT2D eigenvalue weighted by atomic mass is 16.2. The van der Waals surface area contributed by atoms with Gasteiger partial charge in [0.05, 0.1) is 6.04 Å². The number of benzene rings is 2. The van der Waals surface area contributed by atoms with Crippen LogP contribution in [-0.4, -0.2) is 16.8 Å². The maximum atomic E-state index is 12.5. The Morgan fingerprint density at radius 2 is 1.90 bits per heavy atom. The van der Waals surface area contributed by atoms with E-state index in [1.54, 1.807) is 0 Å². The van der Waals surface area contributed by atoms with Crippen molar-refractivity contribution in [3.05, 3.63) is 48.0 Å². The first-order valence-electron chi connectivity index (χ1n) is 8.04. The van der Waals surface area contributed by atoms with Crippen molar-refractivity contribution in [1.82, 2.24) is 4.90 Å². The molecular formula is C19H21NO. The summed E-state index contributed by atoms with van der Waals surface area (Å²) in [7, 11) is 0. The number of hydrogen-bond acceptors (Lipinski definition) is 1. The van der Waals surface area contributed by atoms with Gasteiger partial charge in [-0.2, -0.15) is 0 Å². The standard InChI is InChI=1S/C19H21NO/c1-13(20-18-11-5-8-15(18)12-19(20)21)16-10-4-7-14-6-2-3-9-17(14)16/h2-4,6-7,9-10,13,15,18H,5,8,11-12H2,1H3/t13-,15-,18-/m1/s1.